The van der Waals surface area contributed by atoms with Gasteiger partial charge in [0.15, 0.2) is 17.4 Å². The molecule has 0 fully saturated rings. The molecule has 0 unspecified atom stereocenters. The normalized spacial score (nSPS) is 12.2. The summed E-state index contributed by atoms with van der Waals surface area (Å²) < 4.78 is 1.67. The van der Waals surface area contributed by atoms with Crippen LogP contribution in [-0.4, -0.2) is 9.91 Å². The molecule has 1 heterocycles. The molecule has 0 saturated heterocycles. The van der Waals surface area contributed by atoms with Crippen LogP contribution in [0.15, 0.2) is 60.9 Å². The maximum absolute atomic E-state index is 13.7. The van der Waals surface area contributed by atoms with Crippen LogP contribution in [0, 0.1) is 30.9 Å². The zero-order valence-corrected chi connectivity index (χ0v) is 21.1. The Balaban J connectivity index is 2.16. The van der Waals surface area contributed by atoms with Crippen molar-refractivity contribution in [3.8, 4) is 0 Å². The second-order valence-corrected chi connectivity index (χ2v) is 9.92. The van der Waals surface area contributed by atoms with Crippen LogP contribution in [0.2, 0.25) is 0 Å². The van der Waals surface area contributed by atoms with Crippen molar-refractivity contribution >= 4 is 40.0 Å². The van der Waals surface area contributed by atoms with Crippen molar-refractivity contribution < 1.29 is 14.6 Å². The molecule has 34 heavy (non-hydrogen) atoms. The molecule has 1 N–H and O–H groups in total. The number of anilines is 1. The van der Waals surface area contributed by atoms with E-state index in [0.29, 0.717) is 5.56 Å². The summed E-state index contributed by atoms with van der Waals surface area (Å²) in [5, 5.41) is 28.3. The molecule has 176 valence electrons. The maximum Gasteiger partial charge on any atom is 0.272 e. The number of nitro groups is 1. The lowest BCUT2D eigenvalue weighted by molar-refractivity contribution is -0.577. The van der Waals surface area contributed by atoms with E-state index in [9.17, 15) is 15.2 Å². The molecule has 2 aromatic carbocycles. The second kappa shape index (κ2) is 9.73. The molecule has 3 aromatic rings. The van der Waals surface area contributed by atoms with E-state index in [1.807, 2.05) is 38.1 Å². The first-order chi connectivity index (χ1) is 15.9. The minimum Gasteiger partial charge on any atom is -0.867 e. The number of rotatable bonds is 5. The Morgan fingerprint density at radius 1 is 0.971 bits per heavy atom. The van der Waals surface area contributed by atoms with Crippen LogP contribution in [0.25, 0.3) is 11.5 Å². The maximum atomic E-state index is 13.7. The molecule has 7 heteroatoms. The first kappa shape index (κ1) is 25.1. The number of pyridine rings is 1. The van der Waals surface area contributed by atoms with Crippen molar-refractivity contribution in [3.63, 3.8) is 0 Å². The number of hydrogen-bond donors (Lipinski definition) is 1. The fourth-order valence-corrected chi connectivity index (χ4v) is 4.05. The molecule has 3 rings (SSSR count). The van der Waals surface area contributed by atoms with Gasteiger partial charge >= 0.3 is 0 Å². The average Bonchev–Trinajstić information content (AvgIpc) is 2.73. The summed E-state index contributed by atoms with van der Waals surface area (Å²) in [7, 11) is 0. The van der Waals surface area contributed by atoms with Gasteiger partial charge in [-0.1, -0.05) is 51.2 Å². The molecule has 0 radical (unpaired) electrons. The highest BCUT2D eigenvalue weighted by molar-refractivity contribution is 7.81. The number of thiocarbonyl (C=S) groups is 1. The Morgan fingerprint density at radius 3 is 2.09 bits per heavy atom. The molecule has 0 atom stereocenters. The lowest BCUT2D eigenvalue weighted by atomic mass is 9.88. The van der Waals surface area contributed by atoms with Crippen LogP contribution >= 0.6 is 12.2 Å². The van der Waals surface area contributed by atoms with Crippen LogP contribution in [0.5, 0.6) is 0 Å². The van der Waals surface area contributed by atoms with Crippen molar-refractivity contribution in [3.05, 3.63) is 98.9 Å². The highest BCUT2D eigenvalue weighted by atomic mass is 32.1. The molecule has 1 aromatic heterocycles. The largest absolute Gasteiger partial charge is 0.867 e. The minimum absolute atomic E-state index is 0.0569. The van der Waals surface area contributed by atoms with Crippen molar-refractivity contribution in [1.29, 1.82) is 0 Å². The number of aromatic nitrogens is 1. The SMILES string of the molecule is Cc1cc(C)cc(NC(=S)/C(=C(\[O-])c2ccc(C)c([N+](=O)[O-])c2)[n+]2ccc(C(C)(C)C)cc2)c1. The van der Waals surface area contributed by atoms with Gasteiger partial charge in [0.25, 0.3) is 5.69 Å². The van der Waals surface area contributed by atoms with E-state index in [1.165, 1.54) is 6.07 Å². The number of nitro benzene ring substituents is 1. The fraction of sp³-hybridized carbons (Fsp3) is 0.259. The third-order valence-corrected chi connectivity index (χ3v) is 5.83. The summed E-state index contributed by atoms with van der Waals surface area (Å²) in [6, 6.07) is 14.3. The standard InChI is InChI=1S/C27H29N3O3S/c1-17-13-18(2)15-22(14-17)28-26(34)24(29-11-9-21(10-12-29)27(4,5)6)25(31)20-8-7-19(3)23(16-20)30(32)33/h7-16H,1-6H3,(H-,28,31,34). The van der Waals surface area contributed by atoms with Crippen molar-refractivity contribution in [1.82, 2.24) is 0 Å². The van der Waals surface area contributed by atoms with E-state index in [2.05, 4.69) is 32.2 Å². The van der Waals surface area contributed by atoms with Gasteiger partial charge in [0, 0.05) is 29.4 Å². The second-order valence-electron chi connectivity index (χ2n) is 9.51. The molecule has 0 amide bonds. The van der Waals surface area contributed by atoms with Gasteiger partial charge in [-0.25, -0.2) is 0 Å². The number of hydrogen-bond acceptors (Lipinski definition) is 4. The van der Waals surface area contributed by atoms with Gasteiger partial charge in [0.1, 0.15) is 0 Å². The van der Waals surface area contributed by atoms with Crippen molar-refractivity contribution in [2.24, 2.45) is 0 Å². The van der Waals surface area contributed by atoms with Gasteiger partial charge in [-0.15, -0.1) is 0 Å². The summed E-state index contributed by atoms with van der Waals surface area (Å²) in [5.74, 6) is -0.404. The zero-order valence-electron chi connectivity index (χ0n) is 20.3. The lowest BCUT2D eigenvalue weighted by Gasteiger charge is -2.20. The number of nitrogens with zero attached hydrogens (tertiary/aromatic N) is 2. The molecule has 0 aliphatic heterocycles. The zero-order chi connectivity index (χ0) is 25.2. The van der Waals surface area contributed by atoms with Crippen LogP contribution in [-0.2, 0) is 5.41 Å². The summed E-state index contributed by atoms with van der Waals surface area (Å²) in [6.07, 6.45) is 3.60. The highest BCUT2D eigenvalue weighted by Crippen LogP contribution is 2.25. The van der Waals surface area contributed by atoms with Gasteiger partial charge < -0.3 is 10.4 Å². The molecular formula is C27H29N3O3S. The van der Waals surface area contributed by atoms with Crippen molar-refractivity contribution in [2.45, 2.75) is 47.0 Å². The quantitative estimate of drug-likeness (QED) is 0.136. The topological polar surface area (TPSA) is 82.1 Å². The first-order valence-corrected chi connectivity index (χ1v) is 11.4. The smallest absolute Gasteiger partial charge is 0.272 e. The average molecular weight is 476 g/mol. The summed E-state index contributed by atoms with van der Waals surface area (Å²) in [5.41, 5.74) is 4.75. The number of nitrogens with one attached hydrogen (secondary N) is 1. The van der Waals surface area contributed by atoms with Gasteiger partial charge in [-0.3, -0.25) is 10.1 Å². The first-order valence-electron chi connectivity index (χ1n) is 11.0. The third-order valence-electron chi connectivity index (χ3n) is 5.53. The summed E-state index contributed by atoms with van der Waals surface area (Å²) in [6.45, 7) is 12.0. The Bertz CT molecular complexity index is 1270. The molecule has 0 spiro atoms. The molecular weight excluding hydrogens is 446 g/mol. The van der Waals surface area contributed by atoms with Gasteiger partial charge in [0.2, 0.25) is 5.70 Å². The van der Waals surface area contributed by atoms with Gasteiger partial charge in [0.05, 0.1) is 4.92 Å². The van der Waals surface area contributed by atoms with E-state index in [-0.39, 0.29) is 27.4 Å². The monoisotopic (exact) mass is 475 g/mol. The van der Waals surface area contributed by atoms with E-state index in [4.69, 9.17) is 12.2 Å². The predicted octanol–water partition coefficient (Wildman–Crippen LogP) is 5.23. The van der Waals surface area contributed by atoms with E-state index >= 15 is 0 Å². The molecule has 0 saturated carbocycles. The van der Waals surface area contributed by atoms with Crippen LogP contribution in [0.1, 0.15) is 48.6 Å². The van der Waals surface area contributed by atoms with Crippen LogP contribution < -0.4 is 15.0 Å². The Hall–Kier alpha value is -3.58. The highest BCUT2D eigenvalue weighted by Gasteiger charge is 2.22. The number of benzene rings is 2. The minimum atomic E-state index is -0.483. The fourth-order valence-electron chi connectivity index (χ4n) is 3.73. The van der Waals surface area contributed by atoms with E-state index in [0.717, 1.165) is 22.4 Å². The molecule has 6 nitrogen and oxygen atoms in total. The van der Waals surface area contributed by atoms with Crippen LogP contribution in [0.3, 0.4) is 0 Å². The predicted molar refractivity (Wildman–Crippen MR) is 138 cm³/mol. The molecule has 0 bridgehead atoms. The third kappa shape index (κ3) is 5.66. The van der Waals surface area contributed by atoms with Crippen molar-refractivity contribution in [2.75, 3.05) is 5.32 Å². The summed E-state index contributed by atoms with van der Waals surface area (Å²) in [4.78, 5) is 11.2. The molecule has 0 aliphatic carbocycles. The Kier molecular flexibility index (Phi) is 7.17. The van der Waals surface area contributed by atoms with Gasteiger partial charge in [-0.2, -0.15) is 4.57 Å². The van der Waals surface area contributed by atoms with Gasteiger partial charge in [-0.05, 0) is 66.3 Å². The Morgan fingerprint density at radius 2 is 1.56 bits per heavy atom. The Labute approximate surface area is 205 Å². The number of aryl methyl sites for hydroxylation is 3. The molecule has 0 aliphatic rings. The summed E-state index contributed by atoms with van der Waals surface area (Å²) >= 11 is 5.70. The van der Waals surface area contributed by atoms with E-state index in [1.54, 1.807) is 36.0 Å². The van der Waals surface area contributed by atoms with E-state index < -0.39 is 10.7 Å². The van der Waals surface area contributed by atoms with Crippen LogP contribution in [0.4, 0.5) is 11.4 Å². The lowest BCUT2D eigenvalue weighted by Crippen LogP contribution is -2.40.